The zero-order chi connectivity index (χ0) is 24.2. The normalized spacial score (nSPS) is 31.6. The maximum atomic E-state index is 13.4. The summed E-state index contributed by atoms with van der Waals surface area (Å²) in [4.78, 5) is 63.8. The third-order valence-electron chi connectivity index (χ3n) is 7.35. The molecule has 0 heterocycles. The van der Waals surface area contributed by atoms with Crippen molar-refractivity contribution in [1.82, 2.24) is 0 Å². The highest BCUT2D eigenvalue weighted by molar-refractivity contribution is 6.31. The maximum Gasteiger partial charge on any atom is 0.235 e. The van der Waals surface area contributed by atoms with Crippen molar-refractivity contribution in [1.29, 1.82) is 0 Å². The molecule has 1 aromatic rings. The van der Waals surface area contributed by atoms with Gasteiger partial charge in [-0.3, -0.25) is 24.0 Å². The van der Waals surface area contributed by atoms with E-state index < -0.39 is 58.3 Å². The lowest BCUT2D eigenvalue weighted by atomic mass is 9.53. The zero-order valence-electron chi connectivity index (χ0n) is 18.4. The highest BCUT2D eigenvalue weighted by Gasteiger charge is 2.66. The summed E-state index contributed by atoms with van der Waals surface area (Å²) in [6.45, 7) is 3.97. The number of aliphatic hydroxyl groups is 1. The Hall–Kier alpha value is -3.31. The lowest BCUT2D eigenvalue weighted by molar-refractivity contribution is -0.175. The monoisotopic (exact) mass is 451 g/mol. The second-order valence-corrected chi connectivity index (χ2v) is 9.30. The second kappa shape index (κ2) is 7.92. The van der Waals surface area contributed by atoms with Crippen LogP contribution in [0.4, 0.5) is 0 Å². The Morgan fingerprint density at radius 1 is 1.21 bits per heavy atom. The van der Waals surface area contributed by atoms with Crippen molar-refractivity contribution >= 4 is 29.0 Å². The van der Waals surface area contributed by atoms with Gasteiger partial charge < -0.3 is 15.9 Å². The SMILES string of the molecule is CCC(C)C#Cc1ccc(O)c2c1C[C@H]1C[C@H]3CC(=O)C(C(N)=O)C(=O)[C@@]3(O)C(=O)C1C2=O. The number of carbonyl (C=O) groups is 5. The molecule has 1 amide bonds. The molecule has 2 saturated carbocycles. The van der Waals surface area contributed by atoms with Gasteiger partial charge in [-0.2, -0.15) is 0 Å². The summed E-state index contributed by atoms with van der Waals surface area (Å²) < 4.78 is 0. The fourth-order valence-corrected chi connectivity index (χ4v) is 5.39. The summed E-state index contributed by atoms with van der Waals surface area (Å²) in [5.74, 6) is -3.81. The number of hydrogen-bond acceptors (Lipinski definition) is 7. The fraction of sp³-hybridized carbons (Fsp3) is 0.480. The number of nitrogens with two attached hydrogens (primary N) is 1. The number of aromatic hydroxyl groups is 1. The van der Waals surface area contributed by atoms with E-state index in [1.165, 1.54) is 6.07 Å². The van der Waals surface area contributed by atoms with Gasteiger partial charge in [0, 0.05) is 23.8 Å². The molecule has 3 aliphatic carbocycles. The number of fused-ring (bicyclic) bond motifs is 3. The second-order valence-electron chi connectivity index (χ2n) is 9.30. The van der Waals surface area contributed by atoms with E-state index in [4.69, 9.17) is 5.73 Å². The molecule has 0 spiro atoms. The number of amides is 1. The van der Waals surface area contributed by atoms with Gasteiger partial charge in [-0.15, -0.1) is 0 Å². The number of Topliss-reactive ketones (excluding diaryl/α,β-unsaturated/α-hetero) is 4. The highest BCUT2D eigenvalue weighted by atomic mass is 16.3. The van der Waals surface area contributed by atoms with Crippen LogP contribution in [0, 0.1) is 41.4 Å². The van der Waals surface area contributed by atoms with E-state index in [0.717, 1.165) is 6.42 Å². The van der Waals surface area contributed by atoms with Crippen LogP contribution in [0.5, 0.6) is 5.75 Å². The first-order valence-electron chi connectivity index (χ1n) is 11.1. The Balaban J connectivity index is 1.79. The molecule has 8 heteroatoms. The van der Waals surface area contributed by atoms with Crippen molar-refractivity contribution in [2.24, 2.45) is 35.3 Å². The average Bonchev–Trinajstić information content (AvgIpc) is 2.75. The van der Waals surface area contributed by atoms with Gasteiger partial charge in [0.1, 0.15) is 5.75 Å². The van der Waals surface area contributed by atoms with Crippen LogP contribution in [-0.4, -0.2) is 44.9 Å². The van der Waals surface area contributed by atoms with Gasteiger partial charge in [0.2, 0.25) is 5.91 Å². The third kappa shape index (κ3) is 3.30. The lowest BCUT2D eigenvalue weighted by Gasteiger charge is -2.48. The summed E-state index contributed by atoms with van der Waals surface area (Å²) in [6, 6.07) is 2.97. The molecule has 0 radical (unpaired) electrons. The smallest absolute Gasteiger partial charge is 0.235 e. The van der Waals surface area contributed by atoms with Crippen molar-refractivity contribution in [3.05, 3.63) is 28.8 Å². The third-order valence-corrected chi connectivity index (χ3v) is 7.35. The first kappa shape index (κ1) is 22.9. The predicted molar refractivity (Wildman–Crippen MR) is 115 cm³/mol. The van der Waals surface area contributed by atoms with Gasteiger partial charge in [-0.1, -0.05) is 25.7 Å². The molecule has 3 unspecified atom stereocenters. The van der Waals surface area contributed by atoms with Gasteiger partial charge in [-0.05, 0) is 42.9 Å². The Morgan fingerprint density at radius 2 is 1.91 bits per heavy atom. The largest absolute Gasteiger partial charge is 0.507 e. The number of ketones is 4. The van der Waals surface area contributed by atoms with E-state index in [9.17, 15) is 34.2 Å². The molecule has 172 valence electrons. The molecule has 3 aliphatic rings. The molecule has 2 fully saturated rings. The Bertz CT molecular complexity index is 1170. The number of benzene rings is 1. The first-order chi connectivity index (χ1) is 15.5. The molecule has 6 atom stereocenters. The topological polar surface area (TPSA) is 152 Å². The molecular weight excluding hydrogens is 426 g/mol. The van der Waals surface area contributed by atoms with Crippen LogP contribution in [-0.2, 0) is 25.6 Å². The number of primary amides is 1. The molecule has 4 rings (SSSR count). The Kier molecular flexibility index (Phi) is 5.49. The van der Waals surface area contributed by atoms with Crippen molar-refractivity contribution in [3.63, 3.8) is 0 Å². The van der Waals surface area contributed by atoms with Crippen LogP contribution in [0.2, 0.25) is 0 Å². The highest BCUT2D eigenvalue weighted by Crippen LogP contribution is 2.50. The van der Waals surface area contributed by atoms with E-state index in [0.29, 0.717) is 11.1 Å². The molecule has 0 aliphatic heterocycles. The minimum Gasteiger partial charge on any atom is -0.507 e. The van der Waals surface area contributed by atoms with Gasteiger partial charge in [0.05, 0.1) is 11.5 Å². The first-order valence-corrected chi connectivity index (χ1v) is 11.1. The summed E-state index contributed by atoms with van der Waals surface area (Å²) in [6.07, 6.45) is 0.784. The van der Waals surface area contributed by atoms with E-state index in [1.54, 1.807) is 6.07 Å². The van der Waals surface area contributed by atoms with Crippen LogP contribution < -0.4 is 5.73 Å². The van der Waals surface area contributed by atoms with Crippen molar-refractivity contribution < 1.29 is 34.2 Å². The van der Waals surface area contributed by atoms with Gasteiger partial charge in [0.25, 0.3) is 0 Å². The van der Waals surface area contributed by atoms with Crippen LogP contribution in [0.3, 0.4) is 0 Å². The maximum absolute atomic E-state index is 13.4. The minimum atomic E-state index is -2.63. The summed E-state index contributed by atoms with van der Waals surface area (Å²) >= 11 is 0. The molecule has 1 aromatic carbocycles. The van der Waals surface area contributed by atoms with Crippen LogP contribution >= 0.6 is 0 Å². The van der Waals surface area contributed by atoms with Gasteiger partial charge in [0.15, 0.2) is 34.7 Å². The lowest BCUT2D eigenvalue weighted by Crippen LogP contribution is -2.68. The molecule has 0 aromatic heterocycles. The summed E-state index contributed by atoms with van der Waals surface area (Å²) in [5, 5.41) is 21.6. The molecule has 0 bridgehead atoms. The summed E-state index contributed by atoms with van der Waals surface area (Å²) in [7, 11) is 0. The number of phenols is 1. The van der Waals surface area contributed by atoms with Crippen LogP contribution in [0.15, 0.2) is 12.1 Å². The van der Waals surface area contributed by atoms with E-state index in [1.807, 2.05) is 13.8 Å². The summed E-state index contributed by atoms with van der Waals surface area (Å²) in [5.41, 5.74) is 3.61. The molecule has 8 nitrogen and oxygen atoms in total. The van der Waals surface area contributed by atoms with E-state index >= 15 is 0 Å². The number of carbonyl (C=O) groups excluding carboxylic acids is 5. The average molecular weight is 451 g/mol. The molecular formula is C25H25NO7. The van der Waals surface area contributed by atoms with Crippen molar-refractivity contribution in [2.45, 2.75) is 45.1 Å². The Labute approximate surface area is 190 Å². The van der Waals surface area contributed by atoms with E-state index in [-0.39, 0.29) is 36.5 Å². The van der Waals surface area contributed by atoms with Crippen molar-refractivity contribution in [3.8, 4) is 17.6 Å². The van der Waals surface area contributed by atoms with Gasteiger partial charge >= 0.3 is 0 Å². The van der Waals surface area contributed by atoms with Crippen molar-refractivity contribution in [2.75, 3.05) is 0 Å². The quantitative estimate of drug-likeness (QED) is 0.443. The van der Waals surface area contributed by atoms with Crippen LogP contribution in [0.1, 0.15) is 54.6 Å². The number of phenolic OH excluding ortho intramolecular Hbond substituents is 1. The van der Waals surface area contributed by atoms with Crippen LogP contribution in [0.25, 0.3) is 0 Å². The fourth-order valence-electron chi connectivity index (χ4n) is 5.39. The molecule has 33 heavy (non-hydrogen) atoms. The van der Waals surface area contributed by atoms with Gasteiger partial charge in [-0.25, -0.2) is 0 Å². The molecule has 4 N–H and O–H groups in total. The standard InChI is InChI=1S/C25H25NO7/c1-3-11(2)4-5-12-6-7-16(27)19-15(12)9-13-8-14-10-17(28)20(24(26)32)23(31)25(14,33)22(30)18(13)21(19)29/h6-7,11,13-14,18,20,27,33H,3,8-10H2,1-2H3,(H2,26,32)/t11?,13-,14+,18?,20?,25+/m1/s1. The molecule has 0 saturated heterocycles. The zero-order valence-corrected chi connectivity index (χ0v) is 18.4. The van der Waals surface area contributed by atoms with E-state index in [2.05, 4.69) is 11.8 Å². The number of hydrogen-bond donors (Lipinski definition) is 3. The minimum absolute atomic E-state index is 0.0339. The Morgan fingerprint density at radius 3 is 2.55 bits per heavy atom. The number of rotatable bonds is 2. The predicted octanol–water partition coefficient (Wildman–Crippen LogP) is 0.724.